The fourth-order valence-corrected chi connectivity index (χ4v) is 6.24. The van der Waals surface area contributed by atoms with Crippen LogP contribution in [0.4, 0.5) is 0 Å². The molecule has 0 heterocycles. The molecule has 0 amide bonds. The van der Waals surface area contributed by atoms with Gasteiger partial charge in [0, 0.05) is 12.8 Å². The fraction of sp³-hybridized carbons (Fsp3) is 0.941. The summed E-state index contributed by atoms with van der Waals surface area (Å²) in [6, 6.07) is 0. The van der Waals surface area contributed by atoms with E-state index in [-0.39, 0.29) is 6.10 Å². The van der Waals surface area contributed by atoms with Crippen LogP contribution in [0.25, 0.3) is 0 Å². The molecule has 0 bridgehead atoms. The molecule has 0 aliphatic heterocycles. The van der Waals surface area contributed by atoms with E-state index in [4.69, 9.17) is 0 Å². The summed E-state index contributed by atoms with van der Waals surface area (Å²) in [5, 5.41) is 9.88. The Morgan fingerprint density at radius 3 is 2.26 bits per heavy atom. The Hall–Kier alpha value is -0.370. The summed E-state index contributed by atoms with van der Waals surface area (Å²) in [5.41, 5.74) is 0. The first-order chi connectivity index (χ1) is 9.22. The average molecular weight is 262 g/mol. The lowest BCUT2D eigenvalue weighted by atomic mass is 9.53. The molecule has 0 spiro atoms. The molecule has 7 atom stereocenters. The SMILES string of the molecule is O=C1CC2CCC3C4CC[C@H](O)CC4CCC3C2C1. The maximum Gasteiger partial charge on any atom is 0.133 e. The Labute approximate surface area is 116 Å². The molecule has 0 saturated heterocycles. The zero-order valence-corrected chi connectivity index (χ0v) is 11.8. The number of aliphatic hydroxyl groups excluding tert-OH is 1. The van der Waals surface area contributed by atoms with Gasteiger partial charge in [0.1, 0.15) is 5.78 Å². The molecule has 0 aromatic heterocycles. The number of fused-ring (bicyclic) bond motifs is 5. The minimum Gasteiger partial charge on any atom is -0.393 e. The number of hydrogen-bond acceptors (Lipinski definition) is 2. The summed E-state index contributed by atoms with van der Waals surface area (Å²) >= 11 is 0. The van der Waals surface area contributed by atoms with Gasteiger partial charge in [0.2, 0.25) is 0 Å². The summed E-state index contributed by atoms with van der Waals surface area (Å²) in [6.07, 6.45) is 10.4. The van der Waals surface area contributed by atoms with Gasteiger partial charge >= 0.3 is 0 Å². The van der Waals surface area contributed by atoms with Crippen molar-refractivity contribution < 1.29 is 9.90 Å². The van der Waals surface area contributed by atoms with Crippen LogP contribution in [0.3, 0.4) is 0 Å². The number of carbonyl (C=O) groups excluding carboxylic acids is 1. The van der Waals surface area contributed by atoms with Crippen molar-refractivity contribution >= 4 is 5.78 Å². The van der Waals surface area contributed by atoms with Crippen LogP contribution in [0.1, 0.15) is 57.8 Å². The van der Waals surface area contributed by atoms with Crippen LogP contribution in [0, 0.1) is 35.5 Å². The van der Waals surface area contributed by atoms with Crippen LogP contribution in [-0.4, -0.2) is 17.0 Å². The zero-order chi connectivity index (χ0) is 13.0. The van der Waals surface area contributed by atoms with Crippen molar-refractivity contribution in [2.75, 3.05) is 0 Å². The molecule has 4 fully saturated rings. The summed E-state index contributed by atoms with van der Waals surface area (Å²) in [6.45, 7) is 0. The lowest BCUT2D eigenvalue weighted by Crippen LogP contribution is -2.45. The Morgan fingerprint density at radius 1 is 0.737 bits per heavy atom. The summed E-state index contributed by atoms with van der Waals surface area (Å²) in [4.78, 5) is 11.8. The van der Waals surface area contributed by atoms with Gasteiger partial charge < -0.3 is 5.11 Å². The van der Waals surface area contributed by atoms with Gasteiger partial charge in [-0.2, -0.15) is 0 Å². The molecule has 0 aromatic rings. The molecule has 6 unspecified atom stereocenters. The molecule has 19 heavy (non-hydrogen) atoms. The molecule has 4 rings (SSSR count). The third-order valence-corrected chi connectivity index (χ3v) is 6.96. The number of hydrogen-bond donors (Lipinski definition) is 1. The van der Waals surface area contributed by atoms with E-state index < -0.39 is 0 Å². The maximum absolute atomic E-state index is 11.8. The third kappa shape index (κ3) is 1.98. The van der Waals surface area contributed by atoms with E-state index in [2.05, 4.69) is 0 Å². The lowest BCUT2D eigenvalue weighted by molar-refractivity contribution is -0.117. The topological polar surface area (TPSA) is 37.3 Å². The van der Waals surface area contributed by atoms with Crippen LogP contribution < -0.4 is 0 Å². The first kappa shape index (κ1) is 12.4. The molecule has 0 radical (unpaired) electrons. The molecule has 106 valence electrons. The number of carbonyl (C=O) groups is 1. The molecule has 2 heteroatoms. The van der Waals surface area contributed by atoms with E-state index >= 15 is 0 Å². The molecular formula is C17H26O2. The van der Waals surface area contributed by atoms with Gasteiger partial charge in [0.15, 0.2) is 0 Å². The first-order valence-corrected chi connectivity index (χ1v) is 8.42. The third-order valence-electron chi connectivity index (χ3n) is 6.96. The Kier molecular flexibility index (Phi) is 2.98. The number of rotatable bonds is 0. The molecular weight excluding hydrogens is 236 g/mol. The van der Waals surface area contributed by atoms with Crippen molar-refractivity contribution in [1.82, 2.24) is 0 Å². The minimum atomic E-state index is -0.0257. The van der Waals surface area contributed by atoms with Crippen molar-refractivity contribution in [2.45, 2.75) is 63.9 Å². The van der Waals surface area contributed by atoms with E-state index in [1.807, 2.05) is 0 Å². The highest BCUT2D eigenvalue weighted by Crippen LogP contribution is 2.57. The van der Waals surface area contributed by atoms with Crippen molar-refractivity contribution in [1.29, 1.82) is 0 Å². The van der Waals surface area contributed by atoms with Crippen LogP contribution in [-0.2, 0) is 4.79 Å². The van der Waals surface area contributed by atoms with Gasteiger partial charge in [-0.3, -0.25) is 4.79 Å². The number of aliphatic hydroxyl groups is 1. The van der Waals surface area contributed by atoms with Gasteiger partial charge in [-0.25, -0.2) is 0 Å². The van der Waals surface area contributed by atoms with Crippen LogP contribution in [0.5, 0.6) is 0 Å². The second-order valence-electron chi connectivity index (χ2n) is 7.74. The standard InChI is InChI=1S/C17H26O2/c18-12-3-6-14-10(7-12)1-5-16-15(14)4-2-11-8-13(19)9-17(11)16/h10-12,14-18H,1-9H2/t10?,11?,12-,14?,15?,16?,17?/m0/s1. The maximum atomic E-state index is 11.8. The number of ketones is 1. The largest absolute Gasteiger partial charge is 0.393 e. The number of Topliss-reactive ketones (excluding diaryl/α,β-unsaturated/α-hetero) is 1. The minimum absolute atomic E-state index is 0.0257. The highest BCUT2D eigenvalue weighted by molar-refractivity contribution is 5.81. The highest BCUT2D eigenvalue weighted by atomic mass is 16.3. The van der Waals surface area contributed by atoms with Gasteiger partial charge in [-0.1, -0.05) is 0 Å². The Balaban J connectivity index is 1.54. The van der Waals surface area contributed by atoms with Gasteiger partial charge in [0.25, 0.3) is 0 Å². The monoisotopic (exact) mass is 262 g/mol. The second-order valence-corrected chi connectivity index (χ2v) is 7.74. The first-order valence-electron chi connectivity index (χ1n) is 8.42. The van der Waals surface area contributed by atoms with E-state index in [0.29, 0.717) is 5.78 Å². The van der Waals surface area contributed by atoms with Gasteiger partial charge in [0.05, 0.1) is 6.10 Å². The average Bonchev–Trinajstić information content (AvgIpc) is 2.78. The molecule has 4 aliphatic carbocycles. The van der Waals surface area contributed by atoms with Crippen molar-refractivity contribution in [3.63, 3.8) is 0 Å². The van der Waals surface area contributed by atoms with Crippen LogP contribution >= 0.6 is 0 Å². The predicted molar refractivity (Wildman–Crippen MR) is 73.5 cm³/mol. The second kappa shape index (κ2) is 4.58. The van der Waals surface area contributed by atoms with E-state index in [1.54, 1.807) is 0 Å². The molecule has 0 aromatic carbocycles. The van der Waals surface area contributed by atoms with Gasteiger partial charge in [-0.15, -0.1) is 0 Å². The molecule has 4 saturated carbocycles. The van der Waals surface area contributed by atoms with Crippen LogP contribution in [0.15, 0.2) is 0 Å². The highest BCUT2D eigenvalue weighted by Gasteiger charge is 2.50. The predicted octanol–water partition coefficient (Wildman–Crippen LogP) is 3.18. The lowest BCUT2D eigenvalue weighted by Gasteiger charge is -2.52. The van der Waals surface area contributed by atoms with Crippen molar-refractivity contribution in [3.8, 4) is 0 Å². The Morgan fingerprint density at radius 2 is 1.42 bits per heavy atom. The molecule has 1 N–H and O–H groups in total. The van der Waals surface area contributed by atoms with Crippen molar-refractivity contribution in [3.05, 3.63) is 0 Å². The summed E-state index contributed by atoms with van der Waals surface area (Å²) in [5.74, 6) is 5.41. The summed E-state index contributed by atoms with van der Waals surface area (Å²) in [7, 11) is 0. The van der Waals surface area contributed by atoms with Crippen molar-refractivity contribution in [2.24, 2.45) is 35.5 Å². The van der Waals surface area contributed by atoms with Crippen LogP contribution in [0.2, 0.25) is 0 Å². The molecule has 2 nitrogen and oxygen atoms in total. The normalized spacial score (nSPS) is 53.3. The molecule has 4 aliphatic rings. The quantitative estimate of drug-likeness (QED) is 0.728. The Bertz CT molecular complexity index is 377. The van der Waals surface area contributed by atoms with Gasteiger partial charge in [-0.05, 0) is 80.5 Å². The van der Waals surface area contributed by atoms with E-state index in [9.17, 15) is 9.90 Å². The summed E-state index contributed by atoms with van der Waals surface area (Å²) < 4.78 is 0. The smallest absolute Gasteiger partial charge is 0.133 e. The zero-order valence-electron chi connectivity index (χ0n) is 11.8. The fourth-order valence-electron chi connectivity index (χ4n) is 6.24. The van der Waals surface area contributed by atoms with E-state index in [1.165, 1.54) is 32.1 Å². The van der Waals surface area contributed by atoms with E-state index in [0.717, 1.165) is 61.2 Å².